The number of carbonyl (C=O) groups excluding carboxylic acids is 2. The summed E-state index contributed by atoms with van der Waals surface area (Å²) in [6.45, 7) is 0.661. The molecule has 4 rings (SSSR count). The number of piperazine rings is 1. The van der Waals surface area contributed by atoms with E-state index in [2.05, 4.69) is 12.1 Å². The van der Waals surface area contributed by atoms with E-state index in [9.17, 15) is 9.59 Å². The van der Waals surface area contributed by atoms with Gasteiger partial charge in [-0.1, -0.05) is 62.1 Å². The molecule has 1 aliphatic carbocycles. The lowest BCUT2D eigenvalue weighted by Gasteiger charge is -2.43. The van der Waals surface area contributed by atoms with Crippen LogP contribution in [0.4, 0.5) is 0 Å². The van der Waals surface area contributed by atoms with E-state index in [0.717, 1.165) is 36.8 Å². The van der Waals surface area contributed by atoms with Gasteiger partial charge in [0.15, 0.2) is 11.5 Å². The third-order valence-electron chi connectivity index (χ3n) is 6.93. The molecular formula is C27H34N2O4. The molecule has 1 heterocycles. The zero-order valence-electron chi connectivity index (χ0n) is 19.7. The van der Waals surface area contributed by atoms with Gasteiger partial charge in [0.2, 0.25) is 5.91 Å². The van der Waals surface area contributed by atoms with Crippen LogP contribution >= 0.6 is 0 Å². The van der Waals surface area contributed by atoms with Crippen LogP contribution in [-0.2, 0) is 16.0 Å². The van der Waals surface area contributed by atoms with E-state index in [-0.39, 0.29) is 24.4 Å². The van der Waals surface area contributed by atoms with Crippen molar-refractivity contribution in [3.8, 4) is 11.5 Å². The molecule has 2 aromatic rings. The number of hydrogen-bond donors (Lipinski definition) is 0. The molecule has 0 spiro atoms. The van der Waals surface area contributed by atoms with Gasteiger partial charge in [-0.25, -0.2) is 0 Å². The second kappa shape index (κ2) is 10.7. The predicted molar refractivity (Wildman–Crippen MR) is 127 cm³/mol. The second-order valence-corrected chi connectivity index (χ2v) is 8.95. The number of carbonyl (C=O) groups is 2. The molecule has 33 heavy (non-hydrogen) atoms. The first-order valence-corrected chi connectivity index (χ1v) is 12.0. The van der Waals surface area contributed by atoms with Gasteiger partial charge in [-0.2, -0.15) is 0 Å². The molecular weight excluding hydrogens is 416 g/mol. The fraction of sp³-hybridized carbons (Fsp3) is 0.481. The molecule has 1 saturated carbocycles. The first-order valence-electron chi connectivity index (χ1n) is 12.0. The summed E-state index contributed by atoms with van der Waals surface area (Å²) in [6, 6.07) is 15.1. The smallest absolute Gasteiger partial charge is 0.250 e. The minimum Gasteiger partial charge on any atom is -0.493 e. The molecule has 0 aromatic heterocycles. The Hall–Kier alpha value is -3.02. The van der Waals surface area contributed by atoms with Gasteiger partial charge in [0.25, 0.3) is 5.91 Å². The molecule has 1 atom stereocenters. The van der Waals surface area contributed by atoms with Crippen molar-refractivity contribution >= 4 is 11.8 Å². The summed E-state index contributed by atoms with van der Waals surface area (Å²) >= 11 is 0. The Balaban J connectivity index is 1.66. The van der Waals surface area contributed by atoms with Crippen LogP contribution in [0.2, 0.25) is 0 Å². The number of hydrogen-bond acceptors (Lipinski definition) is 4. The molecule has 6 nitrogen and oxygen atoms in total. The largest absolute Gasteiger partial charge is 0.493 e. The lowest BCUT2D eigenvalue weighted by atomic mass is 9.96. The van der Waals surface area contributed by atoms with Crippen molar-refractivity contribution in [1.29, 1.82) is 0 Å². The van der Waals surface area contributed by atoms with E-state index in [1.54, 1.807) is 19.1 Å². The van der Waals surface area contributed by atoms with Gasteiger partial charge in [0.05, 0.1) is 14.2 Å². The second-order valence-electron chi connectivity index (χ2n) is 8.95. The number of rotatable bonds is 7. The van der Waals surface area contributed by atoms with Gasteiger partial charge in [-0.15, -0.1) is 0 Å². The maximum atomic E-state index is 13.9. The van der Waals surface area contributed by atoms with Gasteiger partial charge in [0, 0.05) is 12.6 Å². The van der Waals surface area contributed by atoms with Crippen LogP contribution < -0.4 is 9.47 Å². The van der Waals surface area contributed by atoms with Crippen LogP contribution in [0.25, 0.3) is 0 Å². The quantitative estimate of drug-likeness (QED) is 0.588. The molecule has 2 aromatic carbocycles. The highest BCUT2D eigenvalue weighted by Gasteiger charge is 2.42. The Morgan fingerprint density at radius 1 is 0.879 bits per heavy atom. The van der Waals surface area contributed by atoms with Crippen molar-refractivity contribution in [3.05, 3.63) is 59.7 Å². The summed E-state index contributed by atoms with van der Waals surface area (Å²) in [7, 11) is 3.17. The van der Waals surface area contributed by atoms with Crippen molar-refractivity contribution in [1.82, 2.24) is 9.80 Å². The standard InChI is InChI=1S/C27H34N2O4/c1-32-23-15-14-21(18-24(23)33-2)26-27(31)29(22-12-8-3-4-9-13-22)19-25(30)28(26)17-16-20-10-6-5-7-11-20/h5-7,10-11,14-15,18,22,26H,3-4,8-9,12-13,16-17,19H2,1-2H3/t26-/m1/s1. The number of amides is 2. The van der Waals surface area contributed by atoms with E-state index >= 15 is 0 Å². The van der Waals surface area contributed by atoms with E-state index in [1.165, 1.54) is 12.8 Å². The van der Waals surface area contributed by atoms with E-state index in [1.807, 2.05) is 41.3 Å². The summed E-state index contributed by atoms with van der Waals surface area (Å²) in [5.74, 6) is 1.19. The zero-order valence-corrected chi connectivity index (χ0v) is 19.7. The van der Waals surface area contributed by atoms with Crippen LogP contribution in [-0.4, -0.2) is 55.0 Å². The van der Waals surface area contributed by atoms with Crippen molar-refractivity contribution in [2.45, 2.75) is 57.0 Å². The molecule has 0 N–H and O–H groups in total. The Morgan fingerprint density at radius 2 is 1.58 bits per heavy atom. The summed E-state index contributed by atoms with van der Waals surface area (Å²) in [5, 5.41) is 0. The molecule has 2 aliphatic rings. The topological polar surface area (TPSA) is 59.1 Å². The Labute approximate surface area is 196 Å². The maximum absolute atomic E-state index is 13.9. The van der Waals surface area contributed by atoms with E-state index in [4.69, 9.17) is 9.47 Å². The first kappa shape index (κ1) is 23.1. The number of nitrogens with zero attached hydrogens (tertiary/aromatic N) is 2. The minimum atomic E-state index is -0.655. The number of methoxy groups -OCH3 is 2. The van der Waals surface area contributed by atoms with Crippen LogP contribution in [0, 0.1) is 0 Å². The average Bonchev–Trinajstić information content (AvgIpc) is 3.14. The monoisotopic (exact) mass is 450 g/mol. The Morgan fingerprint density at radius 3 is 2.24 bits per heavy atom. The van der Waals surface area contributed by atoms with Crippen molar-refractivity contribution in [2.24, 2.45) is 0 Å². The van der Waals surface area contributed by atoms with E-state index < -0.39 is 6.04 Å². The highest BCUT2D eigenvalue weighted by molar-refractivity contribution is 5.96. The summed E-state index contributed by atoms with van der Waals surface area (Å²) in [6.07, 6.45) is 7.28. The molecule has 1 aliphatic heterocycles. The first-order chi connectivity index (χ1) is 16.1. The number of ether oxygens (including phenoxy) is 2. The molecule has 0 unspecified atom stereocenters. The summed E-state index contributed by atoms with van der Waals surface area (Å²) < 4.78 is 10.9. The van der Waals surface area contributed by atoms with Crippen LogP contribution in [0.15, 0.2) is 48.5 Å². The van der Waals surface area contributed by atoms with E-state index in [0.29, 0.717) is 24.5 Å². The van der Waals surface area contributed by atoms with Crippen molar-refractivity contribution in [3.63, 3.8) is 0 Å². The van der Waals surface area contributed by atoms with Crippen molar-refractivity contribution in [2.75, 3.05) is 27.3 Å². The zero-order chi connectivity index (χ0) is 23.2. The average molecular weight is 451 g/mol. The highest BCUT2D eigenvalue weighted by atomic mass is 16.5. The molecule has 2 fully saturated rings. The van der Waals surface area contributed by atoms with Crippen molar-refractivity contribution < 1.29 is 19.1 Å². The fourth-order valence-electron chi connectivity index (χ4n) is 5.12. The molecule has 2 amide bonds. The third kappa shape index (κ3) is 5.15. The summed E-state index contributed by atoms with van der Waals surface area (Å²) in [5.41, 5.74) is 1.91. The van der Waals surface area contributed by atoms with Gasteiger partial charge in [0.1, 0.15) is 12.6 Å². The van der Waals surface area contributed by atoms with Gasteiger partial charge >= 0.3 is 0 Å². The normalized spacial score (nSPS) is 20.0. The molecule has 0 bridgehead atoms. The third-order valence-corrected chi connectivity index (χ3v) is 6.93. The summed E-state index contributed by atoms with van der Waals surface area (Å²) in [4.78, 5) is 31.0. The molecule has 6 heteroatoms. The fourth-order valence-corrected chi connectivity index (χ4v) is 5.12. The minimum absolute atomic E-state index is 0.00885. The number of benzene rings is 2. The lowest BCUT2D eigenvalue weighted by molar-refractivity contribution is -0.158. The Kier molecular flexibility index (Phi) is 7.53. The molecule has 176 valence electrons. The van der Waals surface area contributed by atoms with Crippen LogP contribution in [0.5, 0.6) is 11.5 Å². The highest BCUT2D eigenvalue weighted by Crippen LogP contribution is 2.36. The predicted octanol–water partition coefficient (Wildman–Crippen LogP) is 4.38. The lowest BCUT2D eigenvalue weighted by Crippen LogP contribution is -2.58. The van der Waals surface area contributed by atoms with Gasteiger partial charge in [-0.3, -0.25) is 9.59 Å². The van der Waals surface area contributed by atoms with Gasteiger partial charge < -0.3 is 19.3 Å². The van der Waals surface area contributed by atoms with Crippen LogP contribution in [0.1, 0.15) is 55.7 Å². The van der Waals surface area contributed by atoms with Crippen LogP contribution in [0.3, 0.4) is 0 Å². The molecule has 0 radical (unpaired) electrons. The SMILES string of the molecule is COc1ccc([C@@H]2C(=O)N(C3CCCCCC3)CC(=O)N2CCc2ccccc2)cc1OC. The molecule has 1 saturated heterocycles. The van der Waals surface area contributed by atoms with Gasteiger partial charge in [-0.05, 0) is 42.5 Å². The Bertz CT molecular complexity index is 954. The maximum Gasteiger partial charge on any atom is 0.250 e.